The van der Waals surface area contributed by atoms with Gasteiger partial charge in [0.2, 0.25) is 11.8 Å². The minimum Gasteiger partial charge on any atom is -0.395 e. The van der Waals surface area contributed by atoms with E-state index < -0.39 is 5.41 Å². The third-order valence-corrected chi connectivity index (χ3v) is 4.12. The molecule has 1 fully saturated rings. The van der Waals surface area contributed by atoms with Gasteiger partial charge in [-0.3, -0.25) is 9.59 Å². The van der Waals surface area contributed by atoms with Gasteiger partial charge in [-0.2, -0.15) is 0 Å². The lowest BCUT2D eigenvalue weighted by atomic mass is 9.94. The number of carbonyl (C=O) groups excluding carboxylic acids is 2. The van der Waals surface area contributed by atoms with Crippen LogP contribution in [-0.2, 0) is 15.0 Å². The van der Waals surface area contributed by atoms with Crippen molar-refractivity contribution in [2.75, 3.05) is 25.1 Å². The standard InChI is InChI=1S/C14H16N2O3/c1-16-11-5-3-2-4-9(11)14(13(16)19)8-10(14)12(18)15-6-7-17/h2-5,10,17H,6-8H2,1H3,(H,15,18)/t10-,14+/m0/s1. The fraction of sp³-hybridized carbons (Fsp3) is 0.429. The van der Waals surface area contributed by atoms with Crippen molar-refractivity contribution >= 4 is 17.5 Å². The third-order valence-electron chi connectivity index (χ3n) is 4.12. The number of fused-ring (bicyclic) bond motifs is 2. The number of hydrogen-bond acceptors (Lipinski definition) is 3. The second-order valence-corrected chi connectivity index (χ2v) is 5.12. The number of rotatable bonds is 3. The first-order valence-corrected chi connectivity index (χ1v) is 6.39. The zero-order valence-electron chi connectivity index (χ0n) is 10.7. The van der Waals surface area contributed by atoms with Crippen molar-refractivity contribution in [2.45, 2.75) is 11.8 Å². The molecule has 0 radical (unpaired) electrons. The largest absolute Gasteiger partial charge is 0.395 e. The van der Waals surface area contributed by atoms with Crippen molar-refractivity contribution < 1.29 is 14.7 Å². The molecule has 3 rings (SSSR count). The lowest BCUT2D eigenvalue weighted by Gasteiger charge is -2.11. The number of anilines is 1. The number of hydrogen-bond donors (Lipinski definition) is 2. The fourth-order valence-corrected chi connectivity index (χ4v) is 3.08. The summed E-state index contributed by atoms with van der Waals surface area (Å²) in [7, 11) is 1.75. The normalized spacial score (nSPS) is 27.6. The van der Waals surface area contributed by atoms with Gasteiger partial charge in [-0.25, -0.2) is 0 Å². The van der Waals surface area contributed by atoms with Crippen molar-refractivity contribution in [2.24, 2.45) is 5.92 Å². The molecule has 0 aromatic heterocycles. The van der Waals surface area contributed by atoms with E-state index in [1.165, 1.54) is 0 Å². The summed E-state index contributed by atoms with van der Waals surface area (Å²) < 4.78 is 0. The SMILES string of the molecule is CN1C(=O)[C@]2(C[C@H]2C(=O)NCCO)c2ccccc21. The van der Waals surface area contributed by atoms with E-state index in [1.807, 2.05) is 24.3 Å². The topological polar surface area (TPSA) is 69.6 Å². The summed E-state index contributed by atoms with van der Waals surface area (Å²) in [6.45, 7) is 0.146. The molecule has 2 aliphatic rings. The average Bonchev–Trinajstić information content (AvgIpc) is 3.15. The van der Waals surface area contributed by atoms with Gasteiger partial charge >= 0.3 is 0 Å². The summed E-state index contributed by atoms with van der Waals surface area (Å²) in [6.07, 6.45) is 0.560. The van der Waals surface area contributed by atoms with Gasteiger partial charge in [0.25, 0.3) is 0 Å². The lowest BCUT2D eigenvalue weighted by Crippen LogP contribution is -2.35. The molecular weight excluding hydrogens is 244 g/mol. The van der Waals surface area contributed by atoms with E-state index in [2.05, 4.69) is 5.32 Å². The van der Waals surface area contributed by atoms with E-state index in [0.29, 0.717) is 6.42 Å². The van der Waals surface area contributed by atoms with Crippen LogP contribution in [-0.4, -0.2) is 37.1 Å². The Morgan fingerprint density at radius 3 is 3.00 bits per heavy atom. The number of aliphatic hydroxyl groups is 1. The van der Waals surface area contributed by atoms with Crippen LogP contribution in [0.4, 0.5) is 5.69 Å². The molecule has 1 spiro atoms. The number of nitrogens with one attached hydrogen (secondary N) is 1. The Bertz CT molecular complexity index is 557. The molecule has 5 heteroatoms. The highest BCUT2D eigenvalue weighted by molar-refractivity contribution is 6.13. The van der Waals surface area contributed by atoms with Crippen LogP contribution in [0.15, 0.2) is 24.3 Å². The number of nitrogens with zero attached hydrogens (tertiary/aromatic N) is 1. The minimum atomic E-state index is -0.662. The molecule has 2 atom stereocenters. The predicted molar refractivity (Wildman–Crippen MR) is 69.7 cm³/mol. The van der Waals surface area contributed by atoms with Gasteiger partial charge in [0.1, 0.15) is 0 Å². The second kappa shape index (κ2) is 4.06. The molecule has 5 nitrogen and oxygen atoms in total. The molecule has 19 heavy (non-hydrogen) atoms. The van der Waals surface area contributed by atoms with Gasteiger partial charge in [-0.1, -0.05) is 18.2 Å². The third kappa shape index (κ3) is 1.51. The Hall–Kier alpha value is -1.88. The van der Waals surface area contributed by atoms with Crippen molar-refractivity contribution in [3.63, 3.8) is 0 Å². The molecule has 0 saturated heterocycles. The van der Waals surface area contributed by atoms with Crippen LogP contribution in [0.5, 0.6) is 0 Å². The number of carbonyl (C=O) groups is 2. The molecule has 0 bridgehead atoms. The Kier molecular flexibility index (Phi) is 2.60. The number of benzene rings is 1. The Balaban J connectivity index is 1.91. The van der Waals surface area contributed by atoms with Crippen LogP contribution in [0.2, 0.25) is 0 Å². The van der Waals surface area contributed by atoms with Gasteiger partial charge in [0, 0.05) is 19.3 Å². The van der Waals surface area contributed by atoms with E-state index in [4.69, 9.17) is 5.11 Å². The Morgan fingerprint density at radius 2 is 2.26 bits per heavy atom. The number of amides is 2. The van der Waals surface area contributed by atoms with E-state index in [9.17, 15) is 9.59 Å². The first-order valence-electron chi connectivity index (χ1n) is 6.39. The molecule has 1 aliphatic carbocycles. The van der Waals surface area contributed by atoms with E-state index >= 15 is 0 Å². The summed E-state index contributed by atoms with van der Waals surface area (Å²) in [5.74, 6) is -0.456. The molecule has 1 aromatic rings. The van der Waals surface area contributed by atoms with Gasteiger partial charge < -0.3 is 15.3 Å². The van der Waals surface area contributed by atoms with Crippen LogP contribution in [0.25, 0.3) is 0 Å². The molecule has 1 aromatic carbocycles. The smallest absolute Gasteiger partial charge is 0.238 e. The van der Waals surface area contributed by atoms with Crippen molar-refractivity contribution in [1.29, 1.82) is 0 Å². The first-order chi connectivity index (χ1) is 9.13. The van der Waals surface area contributed by atoms with Gasteiger partial charge in [0.05, 0.1) is 17.9 Å². The zero-order valence-corrected chi connectivity index (χ0v) is 10.7. The maximum absolute atomic E-state index is 12.4. The van der Waals surface area contributed by atoms with E-state index in [1.54, 1.807) is 11.9 Å². The van der Waals surface area contributed by atoms with Gasteiger partial charge in [-0.15, -0.1) is 0 Å². The predicted octanol–water partition coefficient (Wildman–Crippen LogP) is 0.0292. The van der Waals surface area contributed by atoms with Crippen LogP contribution in [0.1, 0.15) is 12.0 Å². The molecule has 100 valence electrons. The molecule has 2 N–H and O–H groups in total. The summed E-state index contributed by atoms with van der Waals surface area (Å²) in [5.41, 5.74) is 1.18. The maximum atomic E-state index is 12.4. The number of aliphatic hydroxyl groups excluding tert-OH is 1. The van der Waals surface area contributed by atoms with Crippen molar-refractivity contribution in [3.05, 3.63) is 29.8 Å². The summed E-state index contributed by atoms with van der Waals surface area (Å²) in [5, 5.41) is 11.4. The summed E-state index contributed by atoms with van der Waals surface area (Å²) in [6, 6.07) is 7.62. The monoisotopic (exact) mass is 260 g/mol. The molecule has 2 amide bonds. The van der Waals surface area contributed by atoms with Crippen molar-refractivity contribution in [1.82, 2.24) is 5.32 Å². The van der Waals surface area contributed by atoms with Crippen LogP contribution < -0.4 is 10.2 Å². The molecule has 0 unspecified atom stereocenters. The lowest BCUT2D eigenvalue weighted by molar-refractivity contribution is -0.126. The second-order valence-electron chi connectivity index (χ2n) is 5.12. The van der Waals surface area contributed by atoms with E-state index in [-0.39, 0.29) is 30.9 Å². The van der Waals surface area contributed by atoms with Crippen LogP contribution in [0.3, 0.4) is 0 Å². The number of para-hydroxylation sites is 1. The average molecular weight is 260 g/mol. The molecular formula is C14H16N2O3. The van der Waals surface area contributed by atoms with E-state index in [0.717, 1.165) is 11.3 Å². The molecule has 1 aliphatic heterocycles. The summed E-state index contributed by atoms with van der Waals surface area (Å²) in [4.78, 5) is 26.1. The first kappa shape index (κ1) is 12.2. The zero-order chi connectivity index (χ0) is 13.6. The Labute approximate surface area is 111 Å². The summed E-state index contributed by atoms with van der Waals surface area (Å²) >= 11 is 0. The molecule has 1 saturated carbocycles. The Morgan fingerprint density at radius 1 is 1.53 bits per heavy atom. The molecule has 1 heterocycles. The minimum absolute atomic E-state index is 0.00199. The van der Waals surface area contributed by atoms with Crippen LogP contribution in [0, 0.1) is 5.92 Å². The quantitative estimate of drug-likeness (QED) is 0.805. The van der Waals surface area contributed by atoms with Crippen molar-refractivity contribution in [3.8, 4) is 0 Å². The highest BCUT2D eigenvalue weighted by atomic mass is 16.3. The highest BCUT2D eigenvalue weighted by Crippen LogP contribution is 2.61. The van der Waals surface area contributed by atoms with Crippen LogP contribution >= 0.6 is 0 Å². The number of likely N-dealkylation sites (N-methyl/N-ethyl adjacent to an activating group) is 1. The van der Waals surface area contributed by atoms with Gasteiger partial charge in [-0.05, 0) is 18.1 Å². The van der Waals surface area contributed by atoms with Gasteiger partial charge in [0.15, 0.2) is 0 Å². The highest BCUT2D eigenvalue weighted by Gasteiger charge is 2.68. The fourth-order valence-electron chi connectivity index (χ4n) is 3.08. The maximum Gasteiger partial charge on any atom is 0.238 e.